The van der Waals surface area contributed by atoms with E-state index in [-0.39, 0.29) is 28.5 Å². The van der Waals surface area contributed by atoms with Gasteiger partial charge in [0.1, 0.15) is 11.4 Å². The molecule has 5 aliphatic rings. The number of carbonyl (C=O) groups is 1. The molecule has 9 atom stereocenters. The number of hydrogen-bond donors (Lipinski definition) is 1. The van der Waals surface area contributed by atoms with Gasteiger partial charge in [-0.15, -0.1) is 0 Å². The molecule has 1 aliphatic heterocycles. The van der Waals surface area contributed by atoms with Crippen molar-refractivity contribution < 1.29 is 14.6 Å². The molecule has 5 rings (SSSR count). The van der Waals surface area contributed by atoms with Crippen molar-refractivity contribution in [2.45, 2.75) is 89.9 Å². The molecule has 0 radical (unpaired) electrons. The highest BCUT2D eigenvalue weighted by Crippen LogP contribution is 2.73. The lowest BCUT2D eigenvalue weighted by molar-refractivity contribution is -0.133. The molecule has 0 aromatic heterocycles. The number of hydrogen-bond acceptors (Lipinski definition) is 3. The summed E-state index contributed by atoms with van der Waals surface area (Å²) in [5.41, 5.74) is 0.458. The summed E-state index contributed by atoms with van der Waals surface area (Å²) in [7, 11) is 0. The van der Waals surface area contributed by atoms with Crippen molar-refractivity contribution in [1.29, 1.82) is 0 Å². The Morgan fingerprint density at radius 1 is 1.08 bits per heavy atom. The van der Waals surface area contributed by atoms with Crippen molar-refractivity contribution in [3.63, 3.8) is 0 Å². The maximum absolute atomic E-state index is 12.2. The second kappa shape index (κ2) is 4.65. The van der Waals surface area contributed by atoms with Crippen LogP contribution in [0.1, 0.15) is 72.1 Å². The van der Waals surface area contributed by atoms with Crippen LogP contribution in [0.3, 0.4) is 0 Å². The molecule has 0 amide bonds. The molecular formula is C21H32O3. The van der Waals surface area contributed by atoms with E-state index in [9.17, 15) is 9.90 Å². The zero-order valence-electron chi connectivity index (χ0n) is 15.4. The molecule has 1 heterocycles. The molecule has 1 spiro atoms. The predicted molar refractivity (Wildman–Crippen MR) is 91.4 cm³/mol. The number of fused-ring (bicyclic) bond motifs is 4. The maximum Gasteiger partial charge on any atom is 0.133 e. The van der Waals surface area contributed by atoms with Crippen LogP contribution in [0.15, 0.2) is 0 Å². The first-order valence-corrected chi connectivity index (χ1v) is 10.2. The predicted octanol–water partition coefficient (Wildman–Crippen LogP) is 3.73. The molecule has 4 unspecified atom stereocenters. The van der Waals surface area contributed by atoms with Crippen molar-refractivity contribution in [3.8, 4) is 0 Å². The summed E-state index contributed by atoms with van der Waals surface area (Å²) in [5, 5.41) is 10.2. The Labute approximate surface area is 145 Å². The van der Waals surface area contributed by atoms with Crippen molar-refractivity contribution >= 4 is 5.78 Å². The largest absolute Gasteiger partial charge is 0.393 e. The molecule has 0 aromatic rings. The topological polar surface area (TPSA) is 49.8 Å². The number of Topliss-reactive ketones (excluding diaryl/α,β-unsaturated/α-hetero) is 1. The van der Waals surface area contributed by atoms with Crippen LogP contribution < -0.4 is 0 Å². The second-order valence-corrected chi connectivity index (χ2v) is 10.2. The van der Waals surface area contributed by atoms with Crippen LogP contribution in [0.5, 0.6) is 0 Å². The monoisotopic (exact) mass is 332 g/mol. The van der Waals surface area contributed by atoms with E-state index in [0.717, 1.165) is 37.5 Å². The fourth-order valence-corrected chi connectivity index (χ4v) is 8.33. The molecule has 24 heavy (non-hydrogen) atoms. The zero-order chi connectivity index (χ0) is 16.9. The Morgan fingerprint density at radius 2 is 1.88 bits per heavy atom. The average molecular weight is 332 g/mol. The third-order valence-corrected chi connectivity index (χ3v) is 9.55. The third-order valence-electron chi connectivity index (χ3n) is 9.55. The van der Waals surface area contributed by atoms with Gasteiger partial charge in [0, 0.05) is 17.8 Å². The Kier molecular flexibility index (Phi) is 3.06. The molecule has 3 nitrogen and oxygen atoms in total. The van der Waals surface area contributed by atoms with Gasteiger partial charge in [-0.1, -0.05) is 13.8 Å². The van der Waals surface area contributed by atoms with Crippen LogP contribution in [0, 0.1) is 34.5 Å². The highest BCUT2D eigenvalue weighted by Gasteiger charge is 2.76. The molecule has 1 saturated heterocycles. The first kappa shape index (κ1) is 15.8. The van der Waals surface area contributed by atoms with Crippen molar-refractivity contribution in [3.05, 3.63) is 0 Å². The van der Waals surface area contributed by atoms with Crippen LogP contribution in [0.25, 0.3) is 0 Å². The summed E-state index contributed by atoms with van der Waals surface area (Å²) in [6.07, 6.45) is 9.10. The van der Waals surface area contributed by atoms with Gasteiger partial charge in [-0.2, -0.15) is 0 Å². The van der Waals surface area contributed by atoms with Crippen molar-refractivity contribution in [2.75, 3.05) is 0 Å². The number of aliphatic hydroxyl groups excluding tert-OH is 1. The number of ether oxygens (including phenoxy) is 1. The lowest BCUT2D eigenvalue weighted by Gasteiger charge is -2.59. The molecule has 3 heteroatoms. The van der Waals surface area contributed by atoms with E-state index >= 15 is 0 Å². The van der Waals surface area contributed by atoms with Crippen LogP contribution >= 0.6 is 0 Å². The number of carbonyl (C=O) groups excluding carboxylic acids is 1. The first-order valence-electron chi connectivity index (χ1n) is 10.2. The van der Waals surface area contributed by atoms with E-state index in [1.165, 1.54) is 25.7 Å². The van der Waals surface area contributed by atoms with Gasteiger partial charge in [0.05, 0.1) is 12.2 Å². The number of rotatable bonds is 1. The maximum atomic E-state index is 12.2. The molecule has 4 saturated carbocycles. The zero-order valence-corrected chi connectivity index (χ0v) is 15.4. The Balaban J connectivity index is 1.49. The smallest absolute Gasteiger partial charge is 0.133 e. The van der Waals surface area contributed by atoms with E-state index in [0.29, 0.717) is 17.8 Å². The van der Waals surface area contributed by atoms with E-state index in [4.69, 9.17) is 4.74 Å². The SMILES string of the molecule is CC(=O)C1CCC2C3C[C@H]4O[C@]45C[C@@H](O)CC[C@]5(C)C3CC[C@]12C. The molecule has 0 aromatic carbocycles. The minimum atomic E-state index is -0.165. The van der Waals surface area contributed by atoms with Crippen molar-refractivity contribution in [2.24, 2.45) is 34.5 Å². The number of ketones is 1. The highest BCUT2D eigenvalue weighted by molar-refractivity contribution is 5.79. The van der Waals surface area contributed by atoms with Gasteiger partial charge in [-0.3, -0.25) is 4.79 Å². The summed E-state index contributed by atoms with van der Waals surface area (Å²) < 4.78 is 6.36. The molecular weight excluding hydrogens is 300 g/mol. The Hall–Kier alpha value is -0.410. The van der Waals surface area contributed by atoms with E-state index in [2.05, 4.69) is 13.8 Å². The van der Waals surface area contributed by atoms with E-state index < -0.39 is 0 Å². The fourth-order valence-electron chi connectivity index (χ4n) is 8.33. The quantitative estimate of drug-likeness (QED) is 0.745. The summed E-state index contributed by atoms with van der Waals surface area (Å²) >= 11 is 0. The summed E-state index contributed by atoms with van der Waals surface area (Å²) in [6.45, 7) is 6.69. The van der Waals surface area contributed by atoms with E-state index in [1.54, 1.807) is 0 Å². The van der Waals surface area contributed by atoms with Gasteiger partial charge in [-0.05, 0) is 75.0 Å². The lowest BCUT2D eigenvalue weighted by atomic mass is 9.44. The number of aliphatic hydroxyl groups is 1. The summed E-state index contributed by atoms with van der Waals surface area (Å²) in [4.78, 5) is 12.2. The van der Waals surface area contributed by atoms with Gasteiger partial charge in [0.25, 0.3) is 0 Å². The lowest BCUT2D eigenvalue weighted by Crippen LogP contribution is -2.58. The van der Waals surface area contributed by atoms with Crippen molar-refractivity contribution in [1.82, 2.24) is 0 Å². The minimum absolute atomic E-state index is 0.0157. The first-order chi connectivity index (χ1) is 11.3. The second-order valence-electron chi connectivity index (χ2n) is 10.2. The Morgan fingerprint density at radius 3 is 2.62 bits per heavy atom. The number of epoxide rings is 1. The van der Waals surface area contributed by atoms with Crippen LogP contribution in [-0.4, -0.2) is 28.7 Å². The minimum Gasteiger partial charge on any atom is -0.393 e. The summed E-state index contributed by atoms with van der Waals surface area (Å²) in [6, 6.07) is 0. The van der Waals surface area contributed by atoms with Crippen LogP contribution in [0.2, 0.25) is 0 Å². The van der Waals surface area contributed by atoms with Crippen LogP contribution in [0.4, 0.5) is 0 Å². The highest BCUT2D eigenvalue weighted by atomic mass is 16.6. The van der Waals surface area contributed by atoms with E-state index in [1.807, 2.05) is 6.92 Å². The molecule has 134 valence electrons. The van der Waals surface area contributed by atoms with Gasteiger partial charge < -0.3 is 9.84 Å². The third kappa shape index (κ3) is 1.69. The van der Waals surface area contributed by atoms with Gasteiger partial charge in [0.2, 0.25) is 0 Å². The van der Waals surface area contributed by atoms with Gasteiger partial charge in [-0.25, -0.2) is 0 Å². The Bertz CT molecular complexity index is 588. The molecule has 1 N–H and O–H groups in total. The standard InChI is InChI=1S/C21H32O3/c1-12(22)15-4-5-16-14-10-18-21(24-18)11-13(23)6-9-20(21,3)17(14)7-8-19(15,16)2/h13-18,23H,4-11H2,1-3H3/t13-,14?,15?,16?,17?,18+,19+,20+,21+/m0/s1. The summed E-state index contributed by atoms with van der Waals surface area (Å²) in [5.74, 6) is 2.87. The van der Waals surface area contributed by atoms with Gasteiger partial charge in [0.15, 0.2) is 0 Å². The normalized spacial score (nSPS) is 61.3. The molecule has 5 fully saturated rings. The fraction of sp³-hybridized carbons (Fsp3) is 0.952. The average Bonchev–Trinajstić information content (AvgIpc) is 3.08. The molecule has 0 bridgehead atoms. The van der Waals surface area contributed by atoms with Gasteiger partial charge >= 0.3 is 0 Å². The van der Waals surface area contributed by atoms with Crippen LogP contribution in [-0.2, 0) is 9.53 Å². The molecule has 4 aliphatic carbocycles.